The van der Waals surface area contributed by atoms with Gasteiger partial charge in [0.25, 0.3) is 5.92 Å². The van der Waals surface area contributed by atoms with E-state index in [2.05, 4.69) is 103 Å². The van der Waals surface area contributed by atoms with E-state index in [9.17, 15) is 23.1 Å². The van der Waals surface area contributed by atoms with Crippen molar-refractivity contribution in [3.63, 3.8) is 0 Å². The summed E-state index contributed by atoms with van der Waals surface area (Å²) >= 11 is 10.2. The average Bonchev–Trinajstić information content (AvgIpc) is 1.68. The van der Waals surface area contributed by atoms with Crippen molar-refractivity contribution in [2.75, 3.05) is 31.4 Å². The van der Waals surface area contributed by atoms with E-state index in [4.69, 9.17) is 15.2 Å². The smallest absolute Gasteiger partial charge is 1.00 e. The molecular weight excluding hydrogens is 1490 g/mol. The van der Waals surface area contributed by atoms with Crippen molar-refractivity contribution in [1.29, 1.82) is 0 Å². The van der Waals surface area contributed by atoms with E-state index < -0.39 is 17.2 Å². The molecule has 1 saturated heterocycles. The maximum atomic E-state index is 13.9. The number of H-pyrrole nitrogens is 1. The third-order valence-corrected chi connectivity index (χ3v) is 15.6. The maximum absolute atomic E-state index is 13.9. The summed E-state index contributed by atoms with van der Waals surface area (Å²) in [4.78, 5) is 40.1. The van der Waals surface area contributed by atoms with E-state index in [0.29, 0.717) is 57.2 Å². The molecule has 0 unspecified atom stereocenters. The topological polar surface area (TPSA) is 231 Å². The summed E-state index contributed by atoms with van der Waals surface area (Å²) in [6.45, 7) is 11.6. The number of ketones is 1. The number of aromatic nitrogens is 11. The molecular formula is C70H68Br4F3MgN13O4. The number of ether oxygens (including phenoxy) is 2. The number of aromatic amines is 1. The zero-order chi connectivity index (χ0) is 65.7. The van der Waals surface area contributed by atoms with Crippen molar-refractivity contribution in [2.24, 2.45) is 0 Å². The van der Waals surface area contributed by atoms with Gasteiger partial charge in [-0.2, -0.15) is 19.0 Å². The molecule has 1 aliphatic rings. The van der Waals surface area contributed by atoms with E-state index in [0.717, 1.165) is 93.9 Å². The Hall–Kier alpha value is -7.62. The van der Waals surface area contributed by atoms with Gasteiger partial charge < -0.3 is 50.0 Å². The van der Waals surface area contributed by atoms with Crippen molar-refractivity contribution in [1.82, 2.24) is 54.9 Å². The number of alkyl halides is 3. The zero-order valence-corrected chi connectivity index (χ0v) is 61.1. The van der Waals surface area contributed by atoms with Crippen LogP contribution in [0.3, 0.4) is 0 Å². The molecule has 0 aliphatic carbocycles. The standard InChI is InChI=1S/C16H12F2N6.C14H14N4O.C12H11BrFN.C12H12BrNO.C11H8BrNO.C4H8O.CH3.BrH.Mg/c1-16(17,18)13-11-3-2-10(8-9(11)4-5-20-13)22-15-12-14(23-24-15)21-7-6-19-12;1-19-11-6-4-10(5-7-11)9-18-12-3-2-8-16-13(12)14(15)17-18;1-12(2,14)11-10-4-3-9(13)7-8(10)5-6-15-11;1-12(2,15)11-10-4-3-9(13)7-8(10)5-6-14-11;1-7(14)11-10-3-2-9(12)6-8(10)4-5-13-11;1-2-4-5-3-1;;;/h2-8H,1H3,(H2,21,22,23,24);2-8H,9H2,1H3,(H2,15,17);3-7H,1-2H3;3-7,15H,1-2H3;2-6H,1H3;1-4H2;1H3;1H;/q;;;;;;-1;;+2/p-1. The van der Waals surface area contributed by atoms with Gasteiger partial charge in [-0.05, 0) is 165 Å². The van der Waals surface area contributed by atoms with Crippen LogP contribution in [0.1, 0.15) is 87.5 Å². The van der Waals surface area contributed by atoms with Crippen LogP contribution in [0.4, 0.5) is 30.5 Å². The van der Waals surface area contributed by atoms with Gasteiger partial charge in [-0.25, -0.2) is 14.4 Å². The number of halogens is 7. The van der Waals surface area contributed by atoms with Crippen LogP contribution < -0.4 is 32.8 Å². The van der Waals surface area contributed by atoms with E-state index in [1.165, 1.54) is 39.8 Å². The normalized spacial score (nSPS) is 11.8. The summed E-state index contributed by atoms with van der Waals surface area (Å²) in [6.07, 6.45) is 13.8. The van der Waals surface area contributed by atoms with Crippen LogP contribution in [-0.4, -0.2) is 109 Å². The van der Waals surface area contributed by atoms with Crippen LogP contribution in [0.2, 0.25) is 0 Å². The summed E-state index contributed by atoms with van der Waals surface area (Å²) in [7, 11) is 1.66. The van der Waals surface area contributed by atoms with E-state index in [-0.39, 0.29) is 58.9 Å². The second-order valence-electron chi connectivity index (χ2n) is 22.2. The molecule has 5 N–H and O–H groups in total. The first-order chi connectivity index (χ1) is 43.9. The number of hydrogen-bond donors (Lipinski definition) is 4. The molecule has 0 spiro atoms. The van der Waals surface area contributed by atoms with Gasteiger partial charge in [0.1, 0.15) is 33.9 Å². The van der Waals surface area contributed by atoms with Gasteiger partial charge in [0.2, 0.25) is 5.65 Å². The molecule has 17 nitrogen and oxygen atoms in total. The fourth-order valence-electron chi connectivity index (χ4n) is 9.84. The molecule has 0 saturated carbocycles. The first kappa shape index (κ1) is 76.4. The molecule has 0 radical (unpaired) electrons. The number of hydrogen-bond acceptors (Lipinski definition) is 15. The largest absolute Gasteiger partial charge is 2.00 e. The number of Topliss-reactive ketones (excluding diaryl/α,β-unsaturated/α-hetero) is 1. The summed E-state index contributed by atoms with van der Waals surface area (Å²) in [6, 6.07) is 41.8. The van der Waals surface area contributed by atoms with Gasteiger partial charge in [0.05, 0.1) is 30.6 Å². The molecule has 1 fully saturated rings. The number of rotatable bonds is 9. The number of pyridine rings is 5. The number of fused-ring (bicyclic) bond motifs is 6. The minimum Gasteiger partial charge on any atom is -1.00 e. The first-order valence-corrected chi connectivity index (χ1v) is 31.4. The predicted octanol–water partition coefficient (Wildman–Crippen LogP) is 14.3. The molecule has 0 bridgehead atoms. The van der Waals surface area contributed by atoms with Gasteiger partial charge in [0.15, 0.2) is 22.9 Å². The molecule has 0 atom stereocenters. The third-order valence-electron chi connectivity index (χ3n) is 14.1. The molecule has 8 aromatic heterocycles. The molecule has 95 heavy (non-hydrogen) atoms. The fourth-order valence-corrected chi connectivity index (χ4v) is 11.0. The molecule has 14 rings (SSSR count). The Kier molecular flexibility index (Phi) is 27.6. The molecule has 5 aromatic carbocycles. The third kappa shape index (κ3) is 20.2. The van der Waals surface area contributed by atoms with Crippen LogP contribution >= 0.6 is 47.8 Å². The Labute approximate surface area is 600 Å². The van der Waals surface area contributed by atoms with Crippen LogP contribution in [0.25, 0.3) is 65.3 Å². The van der Waals surface area contributed by atoms with E-state index in [1.807, 2.05) is 114 Å². The molecule has 488 valence electrons. The Bertz CT molecular complexity index is 4600. The number of nitrogens with two attached hydrogens (primary N) is 1. The van der Waals surface area contributed by atoms with Gasteiger partial charge in [-0.1, -0.05) is 84.2 Å². The number of nitrogens with zero attached hydrogens (tertiary/aromatic N) is 10. The van der Waals surface area contributed by atoms with Crippen molar-refractivity contribution in [3.05, 3.63) is 226 Å². The van der Waals surface area contributed by atoms with Gasteiger partial charge in [-0.3, -0.25) is 39.5 Å². The SMILES string of the molecule is C1CCOC1.CC(=O)c1nccc2cc(Br)ccc12.CC(C)(F)c1nccc2cc(Br)ccc12.CC(C)(O)c1nccc2cc(Br)ccc12.CC(F)(F)c1nccc2cc(Nc3[nH]nc4nccnc34)ccc12.COc1ccc(Cn2nc(N)c3ncccc32)cc1.[Br-].[CH3-].[Mg+2]. The number of nitrogens with one attached hydrogen (secondary N) is 2. The number of carbonyl (C=O) groups excluding carboxylic acids is 1. The number of benzene rings is 5. The average molecular weight is 1560 g/mol. The maximum Gasteiger partial charge on any atom is 2.00 e. The van der Waals surface area contributed by atoms with Crippen molar-refractivity contribution in [2.45, 2.75) is 78.1 Å². The minimum atomic E-state index is -3.00. The van der Waals surface area contributed by atoms with E-state index >= 15 is 0 Å². The summed E-state index contributed by atoms with van der Waals surface area (Å²) in [5.74, 6) is -1.10. The van der Waals surface area contributed by atoms with Gasteiger partial charge >= 0.3 is 23.1 Å². The summed E-state index contributed by atoms with van der Waals surface area (Å²) < 4.78 is 56.2. The Balaban J connectivity index is 0.000000185. The first-order valence-electron chi connectivity index (χ1n) is 29.0. The zero-order valence-electron chi connectivity index (χ0n) is 53.4. The number of anilines is 3. The molecule has 25 heteroatoms. The second kappa shape index (κ2) is 34.4. The Morgan fingerprint density at radius 3 is 1.69 bits per heavy atom. The van der Waals surface area contributed by atoms with E-state index in [1.54, 1.807) is 82.4 Å². The Morgan fingerprint density at radius 1 is 0.642 bits per heavy atom. The fraction of sp³-hybridized carbons (Fsp3) is 0.214. The van der Waals surface area contributed by atoms with Crippen molar-refractivity contribution >= 4 is 159 Å². The molecule has 1 aliphatic heterocycles. The monoisotopic (exact) mass is 1550 g/mol. The Morgan fingerprint density at radius 2 is 1.15 bits per heavy atom. The van der Waals surface area contributed by atoms with Gasteiger partial charge in [-0.15, -0.1) is 0 Å². The second-order valence-corrected chi connectivity index (χ2v) is 24.9. The van der Waals surface area contributed by atoms with Crippen LogP contribution in [0.15, 0.2) is 190 Å². The van der Waals surface area contributed by atoms with Crippen LogP contribution in [0, 0.1) is 7.43 Å². The summed E-state index contributed by atoms with van der Waals surface area (Å²) in [5.41, 5.74) is 9.70. The minimum absolute atomic E-state index is 0. The quantitative estimate of drug-likeness (QED) is 0.0598. The van der Waals surface area contributed by atoms with Crippen LogP contribution in [-0.2, 0) is 28.5 Å². The van der Waals surface area contributed by atoms with Gasteiger partial charge in [0, 0.05) is 111 Å². The molecule has 0 amide bonds. The summed E-state index contributed by atoms with van der Waals surface area (Å²) in [5, 5.41) is 31.3. The van der Waals surface area contributed by atoms with Crippen molar-refractivity contribution < 1.29 is 49.5 Å². The predicted molar refractivity (Wildman–Crippen MR) is 380 cm³/mol. The number of carbonyl (C=O) groups is 1. The van der Waals surface area contributed by atoms with Crippen LogP contribution in [0.5, 0.6) is 5.75 Å². The molecule has 9 heterocycles. The number of aliphatic hydroxyl groups is 1. The van der Waals surface area contributed by atoms with Crippen molar-refractivity contribution in [3.8, 4) is 5.75 Å². The number of methoxy groups -OCH3 is 1. The number of nitrogen functional groups attached to an aromatic ring is 1. The molecule has 13 aromatic rings.